The molecule has 0 fully saturated rings. The first-order valence-electron chi connectivity index (χ1n) is 3.85. The van der Waals surface area contributed by atoms with Crippen LogP contribution in [0.15, 0.2) is 29.2 Å². The second-order valence-corrected chi connectivity index (χ2v) is 2.99. The molecule has 0 aliphatic rings. The van der Waals surface area contributed by atoms with Crippen LogP contribution in [0, 0.1) is 0 Å². The number of furan rings is 1. The molecule has 1 aromatic rings. The lowest BCUT2D eigenvalue weighted by Crippen LogP contribution is -2.08. The molecular formula is C9H12ClNO. The van der Waals surface area contributed by atoms with E-state index in [0.29, 0.717) is 5.22 Å². The van der Waals surface area contributed by atoms with Crippen molar-refractivity contribution >= 4 is 11.6 Å². The second kappa shape index (κ2) is 4.33. The van der Waals surface area contributed by atoms with Gasteiger partial charge in [-0.2, -0.15) is 0 Å². The molecule has 0 radical (unpaired) electrons. The first-order valence-corrected chi connectivity index (χ1v) is 4.23. The molecule has 0 aliphatic carbocycles. The minimum Gasteiger partial charge on any atom is -0.448 e. The molecule has 12 heavy (non-hydrogen) atoms. The summed E-state index contributed by atoms with van der Waals surface area (Å²) in [7, 11) is 0. The van der Waals surface area contributed by atoms with Crippen molar-refractivity contribution in [2.45, 2.75) is 18.9 Å². The first kappa shape index (κ1) is 9.36. The fraction of sp³-hybridized carbons (Fsp3) is 0.333. The Kier molecular flexibility index (Phi) is 3.38. The van der Waals surface area contributed by atoms with Crippen molar-refractivity contribution in [1.82, 2.24) is 0 Å². The average Bonchev–Trinajstić information content (AvgIpc) is 2.47. The minimum absolute atomic E-state index is 0.0736. The third-order valence-electron chi connectivity index (χ3n) is 1.64. The predicted octanol–water partition coefficient (Wildman–Crippen LogP) is 2.90. The van der Waals surface area contributed by atoms with Crippen molar-refractivity contribution in [3.63, 3.8) is 0 Å². The smallest absolute Gasteiger partial charge is 0.193 e. The summed E-state index contributed by atoms with van der Waals surface area (Å²) in [4.78, 5) is 0. The topological polar surface area (TPSA) is 39.2 Å². The monoisotopic (exact) mass is 185 g/mol. The van der Waals surface area contributed by atoms with Crippen molar-refractivity contribution in [1.29, 1.82) is 0 Å². The van der Waals surface area contributed by atoms with E-state index in [0.717, 1.165) is 18.6 Å². The Balaban J connectivity index is 2.52. The van der Waals surface area contributed by atoms with Crippen LogP contribution in [0.3, 0.4) is 0 Å². The van der Waals surface area contributed by atoms with Crippen LogP contribution in [-0.2, 0) is 0 Å². The highest BCUT2D eigenvalue weighted by molar-refractivity contribution is 6.28. The van der Waals surface area contributed by atoms with Crippen molar-refractivity contribution < 1.29 is 4.42 Å². The van der Waals surface area contributed by atoms with Crippen molar-refractivity contribution in [2.24, 2.45) is 5.73 Å². The van der Waals surface area contributed by atoms with E-state index in [2.05, 4.69) is 6.58 Å². The maximum Gasteiger partial charge on any atom is 0.193 e. The van der Waals surface area contributed by atoms with E-state index >= 15 is 0 Å². The van der Waals surface area contributed by atoms with Gasteiger partial charge < -0.3 is 10.2 Å². The first-order chi connectivity index (χ1) is 5.74. The maximum absolute atomic E-state index is 5.79. The minimum atomic E-state index is -0.0736. The Morgan fingerprint density at radius 1 is 1.67 bits per heavy atom. The van der Waals surface area contributed by atoms with Gasteiger partial charge in [-0.3, -0.25) is 0 Å². The largest absolute Gasteiger partial charge is 0.448 e. The number of rotatable bonds is 4. The third-order valence-corrected chi connectivity index (χ3v) is 1.84. The Hall–Kier alpha value is -0.730. The molecule has 2 nitrogen and oxygen atoms in total. The highest BCUT2D eigenvalue weighted by atomic mass is 35.5. The van der Waals surface area contributed by atoms with Crippen LogP contribution >= 0.6 is 11.6 Å². The van der Waals surface area contributed by atoms with E-state index in [1.54, 1.807) is 12.1 Å². The summed E-state index contributed by atoms with van der Waals surface area (Å²) in [6.07, 6.45) is 3.57. The van der Waals surface area contributed by atoms with Crippen molar-refractivity contribution in [2.75, 3.05) is 0 Å². The van der Waals surface area contributed by atoms with E-state index in [1.807, 2.05) is 6.08 Å². The summed E-state index contributed by atoms with van der Waals surface area (Å²) in [6.45, 7) is 3.62. The molecule has 2 N–H and O–H groups in total. The third kappa shape index (κ3) is 2.40. The van der Waals surface area contributed by atoms with Crippen LogP contribution in [0.5, 0.6) is 0 Å². The molecule has 0 aliphatic heterocycles. The summed E-state index contributed by atoms with van der Waals surface area (Å²) in [5.41, 5.74) is 5.79. The fourth-order valence-corrected chi connectivity index (χ4v) is 1.12. The lowest BCUT2D eigenvalue weighted by molar-refractivity contribution is 0.455. The quantitative estimate of drug-likeness (QED) is 0.733. The van der Waals surface area contributed by atoms with Crippen LogP contribution in [0.1, 0.15) is 24.6 Å². The van der Waals surface area contributed by atoms with Gasteiger partial charge in [0.1, 0.15) is 5.76 Å². The van der Waals surface area contributed by atoms with E-state index in [4.69, 9.17) is 21.8 Å². The highest BCUT2D eigenvalue weighted by Crippen LogP contribution is 2.21. The summed E-state index contributed by atoms with van der Waals surface area (Å²) < 4.78 is 5.15. The standard InChI is InChI=1S/C9H12ClNO/c1-2-3-4-7(11)8-5-6-9(10)12-8/h2,5-7H,1,3-4,11H2/t7-/m1/s1. The van der Waals surface area contributed by atoms with Crippen molar-refractivity contribution in [3.8, 4) is 0 Å². The van der Waals surface area contributed by atoms with Crippen LogP contribution in [0.2, 0.25) is 5.22 Å². The van der Waals surface area contributed by atoms with Gasteiger partial charge in [-0.25, -0.2) is 0 Å². The van der Waals surface area contributed by atoms with E-state index in [9.17, 15) is 0 Å². The predicted molar refractivity (Wildman–Crippen MR) is 50.1 cm³/mol. The number of allylic oxidation sites excluding steroid dienone is 1. The molecule has 0 unspecified atom stereocenters. The van der Waals surface area contributed by atoms with Gasteiger partial charge in [0.2, 0.25) is 0 Å². The molecule has 0 saturated heterocycles. The summed E-state index contributed by atoms with van der Waals surface area (Å²) in [5, 5.41) is 0.388. The molecule has 1 aromatic heterocycles. The van der Waals surface area contributed by atoms with Gasteiger partial charge in [-0.05, 0) is 36.6 Å². The van der Waals surface area contributed by atoms with Gasteiger partial charge in [-0.15, -0.1) is 6.58 Å². The Morgan fingerprint density at radius 3 is 2.92 bits per heavy atom. The zero-order valence-electron chi connectivity index (χ0n) is 6.79. The van der Waals surface area contributed by atoms with Gasteiger partial charge in [0, 0.05) is 0 Å². The van der Waals surface area contributed by atoms with Gasteiger partial charge in [0.15, 0.2) is 5.22 Å². The summed E-state index contributed by atoms with van der Waals surface area (Å²) >= 11 is 5.60. The molecule has 0 saturated carbocycles. The molecule has 0 bridgehead atoms. The van der Waals surface area contributed by atoms with Gasteiger partial charge in [0.25, 0.3) is 0 Å². The average molecular weight is 186 g/mol. The SMILES string of the molecule is C=CCC[C@@H](N)c1ccc(Cl)o1. The van der Waals surface area contributed by atoms with Crippen LogP contribution < -0.4 is 5.73 Å². The van der Waals surface area contributed by atoms with Gasteiger partial charge in [-0.1, -0.05) is 6.08 Å². The van der Waals surface area contributed by atoms with E-state index in [-0.39, 0.29) is 6.04 Å². The summed E-state index contributed by atoms with van der Waals surface area (Å²) in [5.74, 6) is 0.738. The maximum atomic E-state index is 5.79. The lowest BCUT2D eigenvalue weighted by Gasteiger charge is -2.05. The summed E-state index contributed by atoms with van der Waals surface area (Å²) in [6, 6.07) is 3.43. The zero-order chi connectivity index (χ0) is 8.97. The lowest BCUT2D eigenvalue weighted by atomic mass is 10.1. The second-order valence-electron chi connectivity index (χ2n) is 2.61. The van der Waals surface area contributed by atoms with Gasteiger partial charge in [0.05, 0.1) is 6.04 Å². The molecule has 1 rings (SSSR count). The Bertz CT molecular complexity index is 257. The number of hydrogen-bond donors (Lipinski definition) is 1. The molecule has 0 aromatic carbocycles. The normalized spacial score (nSPS) is 12.8. The van der Waals surface area contributed by atoms with Crippen LogP contribution in [-0.4, -0.2) is 0 Å². The molecule has 3 heteroatoms. The fourth-order valence-electron chi connectivity index (χ4n) is 0.967. The Morgan fingerprint density at radius 2 is 2.42 bits per heavy atom. The van der Waals surface area contributed by atoms with E-state index < -0.39 is 0 Å². The van der Waals surface area contributed by atoms with Crippen molar-refractivity contribution in [3.05, 3.63) is 35.8 Å². The molecule has 0 spiro atoms. The van der Waals surface area contributed by atoms with Crippen LogP contribution in [0.25, 0.3) is 0 Å². The van der Waals surface area contributed by atoms with Gasteiger partial charge >= 0.3 is 0 Å². The molecule has 1 heterocycles. The number of halogens is 1. The Labute approximate surface area is 77.0 Å². The zero-order valence-corrected chi connectivity index (χ0v) is 7.55. The molecular weight excluding hydrogens is 174 g/mol. The molecule has 1 atom stereocenters. The number of hydrogen-bond acceptors (Lipinski definition) is 2. The molecule has 66 valence electrons. The molecule has 0 amide bonds. The highest BCUT2D eigenvalue weighted by Gasteiger charge is 2.08. The number of nitrogens with two attached hydrogens (primary N) is 1. The van der Waals surface area contributed by atoms with E-state index in [1.165, 1.54) is 0 Å². The van der Waals surface area contributed by atoms with Crippen LogP contribution in [0.4, 0.5) is 0 Å².